The minimum Gasteiger partial charge on any atom is -0.352 e. The quantitative estimate of drug-likeness (QED) is 0.758. The average molecular weight is 232 g/mol. The molecule has 0 spiro atoms. The highest BCUT2D eigenvalue weighted by Gasteiger charge is 2.28. The Morgan fingerprint density at radius 1 is 1.29 bits per heavy atom. The molecule has 0 aliphatic carbocycles. The lowest BCUT2D eigenvalue weighted by atomic mass is 9.84. The molecule has 1 rings (SSSR count). The highest BCUT2D eigenvalue weighted by molar-refractivity contribution is 5.87. The van der Waals surface area contributed by atoms with Crippen LogP contribution in [0.5, 0.6) is 0 Å². The fourth-order valence-corrected chi connectivity index (χ4v) is 1.54. The van der Waals surface area contributed by atoms with E-state index in [4.69, 9.17) is 5.73 Å². The molecule has 0 atom stereocenters. The molecule has 0 unspecified atom stereocenters. The molecule has 3 N–H and O–H groups in total. The van der Waals surface area contributed by atoms with Crippen LogP contribution in [0.3, 0.4) is 0 Å². The third-order valence-corrected chi connectivity index (χ3v) is 2.75. The van der Waals surface area contributed by atoms with E-state index in [0.717, 1.165) is 5.56 Å². The van der Waals surface area contributed by atoms with Crippen LogP contribution >= 0.6 is 0 Å². The lowest BCUT2D eigenvalue weighted by Crippen LogP contribution is -2.40. The summed E-state index contributed by atoms with van der Waals surface area (Å²) >= 11 is 0. The van der Waals surface area contributed by atoms with E-state index in [1.807, 2.05) is 56.3 Å². The van der Waals surface area contributed by atoms with Gasteiger partial charge in [-0.25, -0.2) is 0 Å². The van der Waals surface area contributed by atoms with Crippen molar-refractivity contribution in [2.75, 3.05) is 13.1 Å². The summed E-state index contributed by atoms with van der Waals surface area (Å²) < 4.78 is 0. The van der Waals surface area contributed by atoms with Crippen molar-refractivity contribution in [2.24, 2.45) is 5.73 Å². The number of amides is 1. The van der Waals surface area contributed by atoms with Gasteiger partial charge in [-0.1, -0.05) is 42.5 Å². The smallest absolute Gasteiger partial charge is 0.230 e. The summed E-state index contributed by atoms with van der Waals surface area (Å²) in [4.78, 5) is 12.1. The van der Waals surface area contributed by atoms with Gasteiger partial charge in [0, 0.05) is 13.1 Å². The van der Waals surface area contributed by atoms with E-state index < -0.39 is 5.41 Å². The Labute approximate surface area is 103 Å². The van der Waals surface area contributed by atoms with E-state index in [2.05, 4.69) is 5.32 Å². The zero-order valence-electron chi connectivity index (χ0n) is 10.4. The normalized spacial score (nSPS) is 11.7. The van der Waals surface area contributed by atoms with Crippen molar-refractivity contribution < 1.29 is 4.79 Å². The molecule has 17 heavy (non-hydrogen) atoms. The molecule has 0 fully saturated rings. The SMILES string of the molecule is CC(C)(C(=O)NC/C=C/CN)c1ccccc1. The maximum Gasteiger partial charge on any atom is 0.230 e. The first-order valence-electron chi connectivity index (χ1n) is 5.78. The number of nitrogens with one attached hydrogen (secondary N) is 1. The Kier molecular flexibility index (Phi) is 4.91. The van der Waals surface area contributed by atoms with Gasteiger partial charge in [-0.05, 0) is 19.4 Å². The predicted molar refractivity (Wildman–Crippen MR) is 70.7 cm³/mol. The lowest BCUT2D eigenvalue weighted by Gasteiger charge is -2.23. The van der Waals surface area contributed by atoms with Crippen molar-refractivity contribution in [3.63, 3.8) is 0 Å². The molecule has 3 heteroatoms. The van der Waals surface area contributed by atoms with E-state index in [0.29, 0.717) is 13.1 Å². The fraction of sp³-hybridized carbons (Fsp3) is 0.357. The number of carbonyl (C=O) groups is 1. The van der Waals surface area contributed by atoms with Crippen LogP contribution in [0.1, 0.15) is 19.4 Å². The van der Waals surface area contributed by atoms with Crippen LogP contribution in [0.15, 0.2) is 42.5 Å². The third-order valence-electron chi connectivity index (χ3n) is 2.75. The molecule has 0 saturated heterocycles. The second kappa shape index (κ2) is 6.21. The van der Waals surface area contributed by atoms with Gasteiger partial charge in [0.2, 0.25) is 5.91 Å². The van der Waals surface area contributed by atoms with Crippen LogP contribution in [0.2, 0.25) is 0 Å². The molecule has 0 aliphatic heterocycles. The molecule has 0 heterocycles. The van der Waals surface area contributed by atoms with Gasteiger partial charge < -0.3 is 11.1 Å². The molecule has 92 valence electrons. The molecular formula is C14H20N2O. The highest BCUT2D eigenvalue weighted by Crippen LogP contribution is 2.22. The molecule has 3 nitrogen and oxygen atoms in total. The van der Waals surface area contributed by atoms with E-state index in [1.165, 1.54) is 0 Å². The number of hydrogen-bond donors (Lipinski definition) is 2. The molecule has 0 saturated carbocycles. The summed E-state index contributed by atoms with van der Waals surface area (Å²) in [6, 6.07) is 9.77. The maximum atomic E-state index is 12.1. The van der Waals surface area contributed by atoms with Crippen molar-refractivity contribution in [3.05, 3.63) is 48.0 Å². The molecule has 1 amide bonds. The Morgan fingerprint density at radius 2 is 1.94 bits per heavy atom. The summed E-state index contributed by atoms with van der Waals surface area (Å²) in [6.45, 7) is 4.86. The van der Waals surface area contributed by atoms with Crippen molar-refractivity contribution in [1.82, 2.24) is 5.32 Å². The second-order valence-electron chi connectivity index (χ2n) is 4.41. The highest BCUT2D eigenvalue weighted by atomic mass is 16.2. The van der Waals surface area contributed by atoms with Crippen LogP contribution in [-0.4, -0.2) is 19.0 Å². The molecule has 0 radical (unpaired) electrons. The Bertz CT molecular complexity index is 382. The Balaban J connectivity index is 2.64. The predicted octanol–water partition coefficient (Wildman–Crippen LogP) is 1.60. The van der Waals surface area contributed by atoms with Crippen molar-refractivity contribution >= 4 is 5.91 Å². The van der Waals surface area contributed by atoms with E-state index in [1.54, 1.807) is 0 Å². The topological polar surface area (TPSA) is 55.1 Å². The summed E-state index contributed by atoms with van der Waals surface area (Å²) in [5.41, 5.74) is 5.82. The molecular weight excluding hydrogens is 212 g/mol. The van der Waals surface area contributed by atoms with Gasteiger partial charge in [0.15, 0.2) is 0 Å². The molecule has 0 aliphatic rings. The molecule has 1 aromatic rings. The number of rotatable bonds is 5. The van der Waals surface area contributed by atoms with Gasteiger partial charge in [0.05, 0.1) is 5.41 Å². The average Bonchev–Trinajstić information content (AvgIpc) is 2.35. The zero-order chi connectivity index (χ0) is 12.7. The van der Waals surface area contributed by atoms with E-state index in [9.17, 15) is 4.79 Å². The lowest BCUT2D eigenvalue weighted by molar-refractivity contribution is -0.125. The summed E-state index contributed by atoms with van der Waals surface area (Å²) in [5.74, 6) is 0.0189. The van der Waals surface area contributed by atoms with Crippen LogP contribution in [0.4, 0.5) is 0 Å². The van der Waals surface area contributed by atoms with Crippen LogP contribution in [0.25, 0.3) is 0 Å². The van der Waals surface area contributed by atoms with E-state index >= 15 is 0 Å². The van der Waals surface area contributed by atoms with Gasteiger partial charge >= 0.3 is 0 Å². The minimum atomic E-state index is -0.516. The third kappa shape index (κ3) is 3.71. The fourth-order valence-electron chi connectivity index (χ4n) is 1.54. The maximum absolute atomic E-state index is 12.1. The second-order valence-corrected chi connectivity index (χ2v) is 4.41. The first-order valence-corrected chi connectivity index (χ1v) is 5.78. The number of hydrogen-bond acceptors (Lipinski definition) is 2. The zero-order valence-corrected chi connectivity index (χ0v) is 10.4. The Hall–Kier alpha value is -1.61. The monoisotopic (exact) mass is 232 g/mol. The van der Waals surface area contributed by atoms with Crippen LogP contribution < -0.4 is 11.1 Å². The summed E-state index contributed by atoms with van der Waals surface area (Å²) in [6.07, 6.45) is 3.69. The molecule has 0 aromatic heterocycles. The first kappa shape index (κ1) is 13.5. The minimum absolute atomic E-state index is 0.0189. The largest absolute Gasteiger partial charge is 0.352 e. The van der Waals surface area contributed by atoms with Crippen molar-refractivity contribution in [1.29, 1.82) is 0 Å². The molecule has 1 aromatic carbocycles. The van der Waals surface area contributed by atoms with Gasteiger partial charge in [0.25, 0.3) is 0 Å². The van der Waals surface area contributed by atoms with Crippen LogP contribution in [-0.2, 0) is 10.2 Å². The van der Waals surface area contributed by atoms with Gasteiger partial charge in [-0.2, -0.15) is 0 Å². The van der Waals surface area contributed by atoms with Crippen molar-refractivity contribution in [3.8, 4) is 0 Å². The molecule has 0 bridgehead atoms. The van der Waals surface area contributed by atoms with Gasteiger partial charge in [0.1, 0.15) is 0 Å². The van der Waals surface area contributed by atoms with Gasteiger partial charge in [-0.3, -0.25) is 4.79 Å². The number of nitrogens with two attached hydrogens (primary N) is 1. The summed E-state index contributed by atoms with van der Waals surface area (Å²) in [7, 11) is 0. The first-order chi connectivity index (χ1) is 8.09. The Morgan fingerprint density at radius 3 is 2.53 bits per heavy atom. The number of benzene rings is 1. The van der Waals surface area contributed by atoms with Crippen LogP contribution in [0, 0.1) is 0 Å². The standard InChI is InChI=1S/C14H20N2O/c1-14(2,12-8-4-3-5-9-12)13(17)16-11-7-6-10-15/h3-9H,10-11,15H2,1-2H3,(H,16,17)/b7-6+. The van der Waals surface area contributed by atoms with Gasteiger partial charge in [-0.15, -0.1) is 0 Å². The van der Waals surface area contributed by atoms with Crippen molar-refractivity contribution in [2.45, 2.75) is 19.3 Å². The van der Waals surface area contributed by atoms with E-state index in [-0.39, 0.29) is 5.91 Å². The number of carbonyl (C=O) groups excluding carboxylic acids is 1. The summed E-state index contributed by atoms with van der Waals surface area (Å²) in [5, 5.41) is 2.87.